The summed E-state index contributed by atoms with van der Waals surface area (Å²) in [5.74, 6) is 1.17. The van der Waals surface area contributed by atoms with E-state index in [0.29, 0.717) is 25.6 Å². The summed E-state index contributed by atoms with van der Waals surface area (Å²) < 4.78 is 17.9. The third-order valence-electron chi connectivity index (χ3n) is 7.92. The Morgan fingerprint density at radius 2 is 1.66 bits per heavy atom. The van der Waals surface area contributed by atoms with Crippen molar-refractivity contribution in [3.63, 3.8) is 0 Å². The Morgan fingerprint density at radius 3 is 2.32 bits per heavy atom. The molecule has 0 unspecified atom stereocenters. The van der Waals surface area contributed by atoms with E-state index in [9.17, 15) is 4.79 Å². The Bertz CT molecular complexity index is 1230. The lowest BCUT2D eigenvalue weighted by atomic mass is 9.80. The molecule has 0 spiro atoms. The second-order valence-corrected chi connectivity index (χ2v) is 11.1. The lowest BCUT2D eigenvalue weighted by Gasteiger charge is -2.32. The number of carbonyl (C=O) groups excluding carboxylic acids is 1. The summed E-state index contributed by atoms with van der Waals surface area (Å²) in [5.41, 5.74) is 3.42. The number of aromatic nitrogens is 1. The number of benzene rings is 2. The number of piperidine rings is 1. The topological polar surface area (TPSA) is 72.9 Å². The molecule has 0 atom stereocenters. The number of hydrogen-bond donors (Lipinski definition) is 1. The van der Waals surface area contributed by atoms with Gasteiger partial charge in [0.05, 0.1) is 11.2 Å². The molecule has 3 heterocycles. The molecule has 5 rings (SSSR count). The molecule has 1 amide bonds. The maximum Gasteiger partial charge on any atom is 0.495 e. The molecule has 0 radical (unpaired) electrons. The highest BCUT2D eigenvalue weighted by atomic mass is 16.7. The molecule has 1 aromatic heterocycles. The van der Waals surface area contributed by atoms with Crippen LogP contribution in [0.15, 0.2) is 72.9 Å². The summed E-state index contributed by atoms with van der Waals surface area (Å²) in [6, 6.07) is 22.2. The summed E-state index contributed by atoms with van der Waals surface area (Å²) in [7, 11) is -0.424. The normalized spacial score (nSPS) is 18.8. The van der Waals surface area contributed by atoms with E-state index in [1.807, 2.05) is 47.4 Å². The fraction of sp³-hybridized carbons (Fsp3) is 0.400. The molecule has 2 aliphatic rings. The fourth-order valence-corrected chi connectivity index (χ4v) is 4.83. The molecular formula is C30H36BN3O4. The Morgan fingerprint density at radius 1 is 1.00 bits per heavy atom. The van der Waals surface area contributed by atoms with E-state index in [2.05, 4.69) is 62.3 Å². The number of nitrogens with zero attached hydrogens (tertiary/aromatic N) is 2. The van der Waals surface area contributed by atoms with Gasteiger partial charge in [0.25, 0.3) is 0 Å². The third-order valence-corrected chi connectivity index (χ3v) is 7.92. The van der Waals surface area contributed by atoms with Crippen LogP contribution in [0.25, 0.3) is 0 Å². The zero-order valence-corrected chi connectivity index (χ0v) is 22.6. The minimum absolute atomic E-state index is 0.234. The van der Waals surface area contributed by atoms with Crippen molar-refractivity contribution in [1.82, 2.24) is 9.88 Å². The number of anilines is 2. The largest absolute Gasteiger partial charge is 0.495 e. The second kappa shape index (κ2) is 10.8. The molecule has 2 saturated heterocycles. The molecular weight excluding hydrogens is 477 g/mol. The number of pyridine rings is 1. The van der Waals surface area contributed by atoms with Crippen LogP contribution in [-0.4, -0.2) is 47.4 Å². The molecule has 0 saturated carbocycles. The first-order valence-electron chi connectivity index (χ1n) is 13.3. The van der Waals surface area contributed by atoms with Crippen molar-refractivity contribution in [1.29, 1.82) is 0 Å². The van der Waals surface area contributed by atoms with Crippen LogP contribution < -0.4 is 10.8 Å². The maximum absolute atomic E-state index is 12.5. The zero-order valence-electron chi connectivity index (χ0n) is 22.6. The van der Waals surface area contributed by atoms with Crippen molar-refractivity contribution in [2.75, 3.05) is 18.4 Å². The van der Waals surface area contributed by atoms with Crippen LogP contribution in [0, 0.1) is 0 Å². The van der Waals surface area contributed by atoms with Gasteiger partial charge in [-0.05, 0) is 87.3 Å². The van der Waals surface area contributed by atoms with Gasteiger partial charge in [0.2, 0.25) is 0 Å². The van der Waals surface area contributed by atoms with Crippen LogP contribution in [0.3, 0.4) is 0 Å². The van der Waals surface area contributed by atoms with Crippen molar-refractivity contribution in [2.24, 2.45) is 0 Å². The van der Waals surface area contributed by atoms with Gasteiger partial charge >= 0.3 is 13.2 Å². The lowest BCUT2D eigenvalue weighted by Crippen LogP contribution is -2.41. The highest BCUT2D eigenvalue weighted by molar-refractivity contribution is 6.62. The summed E-state index contributed by atoms with van der Waals surface area (Å²) in [4.78, 5) is 18.8. The van der Waals surface area contributed by atoms with Gasteiger partial charge in [0.1, 0.15) is 12.4 Å². The molecule has 7 nitrogen and oxygen atoms in total. The van der Waals surface area contributed by atoms with Gasteiger partial charge in [-0.25, -0.2) is 9.78 Å². The van der Waals surface area contributed by atoms with Gasteiger partial charge in [-0.3, -0.25) is 0 Å². The third kappa shape index (κ3) is 5.87. The van der Waals surface area contributed by atoms with Crippen molar-refractivity contribution >= 4 is 30.2 Å². The van der Waals surface area contributed by atoms with E-state index in [0.717, 1.165) is 35.4 Å². The van der Waals surface area contributed by atoms with Crippen molar-refractivity contribution < 1.29 is 18.8 Å². The maximum atomic E-state index is 12.5. The number of likely N-dealkylation sites (tertiary alicyclic amines) is 1. The predicted octanol–water partition coefficient (Wildman–Crippen LogP) is 5.64. The van der Waals surface area contributed by atoms with E-state index in [-0.39, 0.29) is 17.3 Å². The Balaban J connectivity index is 1.13. The minimum atomic E-state index is -0.424. The molecule has 0 bridgehead atoms. The van der Waals surface area contributed by atoms with Gasteiger partial charge in [0, 0.05) is 25.0 Å². The van der Waals surface area contributed by atoms with Crippen LogP contribution in [0.2, 0.25) is 0 Å². The average Bonchev–Trinajstić information content (AvgIpc) is 3.15. The van der Waals surface area contributed by atoms with Crippen LogP contribution in [0.1, 0.15) is 57.6 Å². The number of carbonyl (C=O) groups is 1. The number of hydrogen-bond acceptors (Lipinski definition) is 6. The Kier molecular flexibility index (Phi) is 7.46. The van der Waals surface area contributed by atoms with E-state index < -0.39 is 7.12 Å². The molecule has 2 fully saturated rings. The molecule has 198 valence electrons. The smallest absolute Gasteiger partial charge is 0.445 e. The van der Waals surface area contributed by atoms with Crippen molar-refractivity contribution in [2.45, 2.75) is 64.3 Å². The van der Waals surface area contributed by atoms with Crippen LogP contribution in [-0.2, 0) is 20.7 Å². The van der Waals surface area contributed by atoms with Gasteiger partial charge in [-0.1, -0.05) is 42.5 Å². The number of ether oxygens (including phenoxy) is 1. The molecule has 1 N–H and O–H groups in total. The van der Waals surface area contributed by atoms with E-state index in [1.165, 1.54) is 5.56 Å². The number of amides is 1. The first-order chi connectivity index (χ1) is 18.2. The van der Waals surface area contributed by atoms with E-state index in [1.54, 1.807) is 6.20 Å². The monoisotopic (exact) mass is 513 g/mol. The van der Waals surface area contributed by atoms with Gasteiger partial charge in [-0.15, -0.1) is 0 Å². The summed E-state index contributed by atoms with van der Waals surface area (Å²) >= 11 is 0. The minimum Gasteiger partial charge on any atom is -0.445 e. The number of rotatable bonds is 6. The highest BCUT2D eigenvalue weighted by Gasteiger charge is 2.51. The van der Waals surface area contributed by atoms with Crippen LogP contribution in [0.5, 0.6) is 0 Å². The zero-order chi connectivity index (χ0) is 26.8. The van der Waals surface area contributed by atoms with Crippen molar-refractivity contribution in [3.05, 3.63) is 84.1 Å². The molecule has 2 aromatic carbocycles. The highest BCUT2D eigenvalue weighted by Crippen LogP contribution is 2.36. The quantitative estimate of drug-likeness (QED) is 0.430. The van der Waals surface area contributed by atoms with E-state index in [4.69, 9.17) is 14.0 Å². The fourth-order valence-electron chi connectivity index (χ4n) is 4.83. The standard InChI is InChI=1S/C30H36BN3O4/c1-29(2)30(3,4)38-31(37-29)25-14-17-32-27(20-25)33-26-12-10-23(11-13-26)24-15-18-34(19-16-24)28(35)36-21-22-8-6-5-7-9-22/h5-14,17,20,24H,15-16,18-19,21H2,1-4H3,(H,32,33). The first kappa shape index (κ1) is 26.3. The Labute approximate surface area is 225 Å². The first-order valence-corrected chi connectivity index (χ1v) is 13.3. The van der Waals surface area contributed by atoms with E-state index >= 15 is 0 Å². The van der Waals surface area contributed by atoms with Crippen molar-refractivity contribution in [3.8, 4) is 0 Å². The SMILES string of the molecule is CC1(C)OB(c2ccnc(Nc3ccc(C4CCN(C(=O)OCc5ccccc5)CC4)cc3)c2)OC1(C)C. The molecule has 8 heteroatoms. The summed E-state index contributed by atoms with van der Waals surface area (Å²) in [5, 5.41) is 3.40. The van der Waals surface area contributed by atoms with Crippen LogP contribution >= 0.6 is 0 Å². The van der Waals surface area contributed by atoms with Gasteiger partial charge in [0.15, 0.2) is 0 Å². The van der Waals surface area contributed by atoms with Gasteiger partial charge < -0.3 is 24.3 Å². The average molecular weight is 513 g/mol. The Hall–Kier alpha value is -3.36. The molecule has 38 heavy (non-hydrogen) atoms. The molecule has 2 aliphatic heterocycles. The second-order valence-electron chi connectivity index (χ2n) is 11.1. The molecule has 0 aliphatic carbocycles. The van der Waals surface area contributed by atoms with Crippen LogP contribution in [0.4, 0.5) is 16.3 Å². The number of nitrogens with one attached hydrogen (secondary N) is 1. The van der Waals surface area contributed by atoms with Gasteiger partial charge in [-0.2, -0.15) is 0 Å². The summed E-state index contributed by atoms with van der Waals surface area (Å²) in [6.07, 6.45) is 3.38. The molecule has 3 aromatic rings. The predicted molar refractivity (Wildman–Crippen MR) is 150 cm³/mol. The lowest BCUT2D eigenvalue weighted by molar-refractivity contribution is 0.00578. The summed E-state index contributed by atoms with van der Waals surface area (Å²) in [6.45, 7) is 9.92.